The summed E-state index contributed by atoms with van der Waals surface area (Å²) >= 11 is 0. The second kappa shape index (κ2) is 6.14. The van der Waals surface area contributed by atoms with Gasteiger partial charge in [-0.1, -0.05) is 18.2 Å². The first kappa shape index (κ1) is 14.0. The zero-order chi connectivity index (χ0) is 14.5. The van der Waals surface area contributed by atoms with Crippen LogP contribution in [0, 0.1) is 13.8 Å². The second-order valence-electron chi connectivity index (χ2n) is 4.53. The molecule has 104 valence electrons. The van der Waals surface area contributed by atoms with Crippen LogP contribution in [0.5, 0.6) is 5.88 Å². The summed E-state index contributed by atoms with van der Waals surface area (Å²) in [6.07, 6.45) is 0. The zero-order valence-corrected chi connectivity index (χ0v) is 11.8. The minimum absolute atomic E-state index is 0.0669. The summed E-state index contributed by atoms with van der Waals surface area (Å²) in [4.78, 5) is 13.6. The molecule has 20 heavy (non-hydrogen) atoms. The molecule has 0 spiro atoms. The molecule has 0 N–H and O–H groups in total. The maximum atomic E-state index is 12.0. The van der Waals surface area contributed by atoms with Crippen molar-refractivity contribution in [2.75, 3.05) is 18.6 Å². The Bertz CT molecular complexity index is 599. The van der Waals surface area contributed by atoms with E-state index in [-0.39, 0.29) is 12.5 Å². The molecule has 0 radical (unpaired) electrons. The number of benzene rings is 1. The summed E-state index contributed by atoms with van der Waals surface area (Å²) in [5.74, 6) is 0.221. The van der Waals surface area contributed by atoms with Crippen LogP contribution in [0.4, 0.5) is 5.69 Å². The third-order valence-corrected chi connectivity index (χ3v) is 3.07. The first-order valence-electron chi connectivity index (χ1n) is 6.33. The van der Waals surface area contributed by atoms with Crippen molar-refractivity contribution in [2.45, 2.75) is 13.8 Å². The summed E-state index contributed by atoms with van der Waals surface area (Å²) in [5.41, 5.74) is 2.66. The molecule has 5 nitrogen and oxygen atoms in total. The molecule has 1 amide bonds. The topological polar surface area (TPSA) is 55.3 Å². The largest absolute Gasteiger partial charge is 0.466 e. The predicted octanol–water partition coefficient (Wildman–Crippen LogP) is 2.14. The number of hydrogen-bond donors (Lipinski definition) is 0. The lowest BCUT2D eigenvalue weighted by molar-refractivity contribution is -0.120. The number of carbonyl (C=O) groups is 1. The Labute approximate surface area is 118 Å². The number of para-hydroxylation sites is 1. The van der Waals surface area contributed by atoms with E-state index >= 15 is 0 Å². The molecule has 0 saturated carbocycles. The van der Waals surface area contributed by atoms with E-state index < -0.39 is 0 Å². The van der Waals surface area contributed by atoms with Crippen molar-refractivity contribution in [3.8, 4) is 5.88 Å². The number of ether oxygens (including phenoxy) is 1. The van der Waals surface area contributed by atoms with E-state index in [1.807, 2.05) is 44.2 Å². The number of carbonyl (C=O) groups excluding carboxylic acids is 1. The molecule has 2 aromatic rings. The summed E-state index contributed by atoms with van der Waals surface area (Å²) in [7, 11) is 1.72. The Morgan fingerprint density at radius 3 is 2.55 bits per heavy atom. The van der Waals surface area contributed by atoms with Crippen LogP contribution in [0.1, 0.15) is 11.3 Å². The van der Waals surface area contributed by atoms with Crippen LogP contribution < -0.4 is 9.64 Å². The third kappa shape index (κ3) is 3.32. The van der Waals surface area contributed by atoms with Gasteiger partial charge in [0.25, 0.3) is 5.91 Å². The SMILES string of the molecule is Cc1cc(OCC(=O)N(C)c2ccccc2)nnc1C. The fourth-order valence-electron chi connectivity index (χ4n) is 1.62. The Morgan fingerprint density at radius 1 is 1.20 bits per heavy atom. The van der Waals surface area contributed by atoms with Gasteiger partial charge in [0, 0.05) is 18.8 Å². The predicted molar refractivity (Wildman–Crippen MR) is 76.9 cm³/mol. The quantitative estimate of drug-likeness (QED) is 0.855. The first-order valence-corrected chi connectivity index (χ1v) is 6.33. The van der Waals surface area contributed by atoms with Crippen molar-refractivity contribution >= 4 is 11.6 Å². The van der Waals surface area contributed by atoms with Gasteiger partial charge >= 0.3 is 0 Å². The number of likely N-dealkylation sites (N-methyl/N-ethyl adjacent to an activating group) is 1. The van der Waals surface area contributed by atoms with E-state index in [2.05, 4.69) is 10.2 Å². The monoisotopic (exact) mass is 271 g/mol. The third-order valence-electron chi connectivity index (χ3n) is 3.07. The minimum Gasteiger partial charge on any atom is -0.466 e. The molecule has 0 fully saturated rings. The van der Waals surface area contributed by atoms with Crippen molar-refractivity contribution in [3.05, 3.63) is 47.7 Å². The molecule has 0 bridgehead atoms. The van der Waals surface area contributed by atoms with Gasteiger partial charge in [-0.15, -0.1) is 5.10 Å². The fraction of sp³-hybridized carbons (Fsp3) is 0.267. The summed E-state index contributed by atoms with van der Waals surface area (Å²) in [6, 6.07) is 11.2. The molecular weight excluding hydrogens is 254 g/mol. The molecule has 1 aromatic heterocycles. The standard InChI is InChI=1S/C15H17N3O2/c1-11-9-14(17-16-12(11)2)20-10-15(19)18(3)13-7-5-4-6-8-13/h4-9H,10H2,1-3H3. The summed E-state index contributed by atoms with van der Waals surface area (Å²) in [6.45, 7) is 3.73. The minimum atomic E-state index is -0.142. The molecule has 0 aliphatic heterocycles. The molecular formula is C15H17N3O2. The molecule has 5 heteroatoms. The van der Waals surface area contributed by atoms with Crippen LogP contribution in [-0.2, 0) is 4.79 Å². The van der Waals surface area contributed by atoms with Gasteiger partial charge in [-0.3, -0.25) is 4.79 Å². The van der Waals surface area contributed by atoms with Gasteiger partial charge in [0.15, 0.2) is 6.61 Å². The highest BCUT2D eigenvalue weighted by Crippen LogP contribution is 2.13. The fourth-order valence-corrected chi connectivity index (χ4v) is 1.62. The number of rotatable bonds is 4. The molecule has 1 aromatic carbocycles. The normalized spacial score (nSPS) is 10.2. The number of aryl methyl sites for hydroxylation is 2. The van der Waals surface area contributed by atoms with Crippen LogP contribution in [0.25, 0.3) is 0 Å². The Kier molecular flexibility index (Phi) is 4.30. The van der Waals surface area contributed by atoms with Crippen LogP contribution in [-0.4, -0.2) is 29.8 Å². The average Bonchev–Trinajstić information content (AvgIpc) is 2.48. The maximum absolute atomic E-state index is 12.0. The van der Waals surface area contributed by atoms with Crippen LogP contribution in [0.2, 0.25) is 0 Å². The van der Waals surface area contributed by atoms with Gasteiger partial charge in [-0.2, -0.15) is 5.10 Å². The van der Waals surface area contributed by atoms with Crippen molar-refractivity contribution in [3.63, 3.8) is 0 Å². The van der Waals surface area contributed by atoms with Gasteiger partial charge in [-0.25, -0.2) is 0 Å². The number of anilines is 1. The molecule has 0 aliphatic carbocycles. The van der Waals surface area contributed by atoms with Gasteiger partial charge in [-0.05, 0) is 31.5 Å². The molecule has 0 unspecified atom stereocenters. The van der Waals surface area contributed by atoms with Gasteiger partial charge in [0.2, 0.25) is 5.88 Å². The van der Waals surface area contributed by atoms with Gasteiger partial charge < -0.3 is 9.64 Å². The van der Waals surface area contributed by atoms with Crippen molar-refractivity contribution in [1.82, 2.24) is 10.2 Å². The van der Waals surface area contributed by atoms with Crippen LogP contribution in [0.3, 0.4) is 0 Å². The van der Waals surface area contributed by atoms with Crippen LogP contribution >= 0.6 is 0 Å². The molecule has 2 rings (SSSR count). The summed E-state index contributed by atoms with van der Waals surface area (Å²) in [5, 5.41) is 7.86. The van der Waals surface area contributed by atoms with Crippen molar-refractivity contribution < 1.29 is 9.53 Å². The molecule has 0 aliphatic rings. The number of nitrogens with zero attached hydrogens (tertiary/aromatic N) is 3. The lowest BCUT2D eigenvalue weighted by atomic mass is 10.2. The number of aromatic nitrogens is 2. The van der Waals surface area contributed by atoms with Crippen LogP contribution in [0.15, 0.2) is 36.4 Å². The van der Waals surface area contributed by atoms with E-state index in [0.717, 1.165) is 16.9 Å². The Balaban J connectivity index is 1.96. The van der Waals surface area contributed by atoms with Crippen molar-refractivity contribution in [2.24, 2.45) is 0 Å². The Morgan fingerprint density at radius 2 is 1.90 bits per heavy atom. The van der Waals surface area contributed by atoms with E-state index in [1.54, 1.807) is 18.0 Å². The smallest absolute Gasteiger partial charge is 0.264 e. The van der Waals surface area contributed by atoms with Gasteiger partial charge in [0.05, 0.1) is 5.69 Å². The molecule has 0 atom stereocenters. The van der Waals surface area contributed by atoms with E-state index in [9.17, 15) is 4.79 Å². The highest BCUT2D eigenvalue weighted by atomic mass is 16.5. The highest BCUT2D eigenvalue weighted by molar-refractivity contribution is 5.93. The second-order valence-corrected chi connectivity index (χ2v) is 4.53. The van der Waals surface area contributed by atoms with Gasteiger partial charge in [0.1, 0.15) is 0 Å². The number of amides is 1. The maximum Gasteiger partial charge on any atom is 0.264 e. The molecule has 0 saturated heterocycles. The van der Waals surface area contributed by atoms with E-state index in [4.69, 9.17) is 4.74 Å². The zero-order valence-electron chi connectivity index (χ0n) is 11.8. The van der Waals surface area contributed by atoms with E-state index in [1.165, 1.54) is 0 Å². The molecule has 1 heterocycles. The van der Waals surface area contributed by atoms with E-state index in [0.29, 0.717) is 5.88 Å². The lowest BCUT2D eigenvalue weighted by Crippen LogP contribution is -2.31. The lowest BCUT2D eigenvalue weighted by Gasteiger charge is -2.17. The first-order chi connectivity index (χ1) is 9.58. The summed E-state index contributed by atoms with van der Waals surface area (Å²) < 4.78 is 5.38. The van der Waals surface area contributed by atoms with Crippen molar-refractivity contribution in [1.29, 1.82) is 0 Å². The average molecular weight is 271 g/mol. The number of hydrogen-bond acceptors (Lipinski definition) is 4. The highest BCUT2D eigenvalue weighted by Gasteiger charge is 2.12. The Hall–Kier alpha value is -2.43.